The summed E-state index contributed by atoms with van der Waals surface area (Å²) in [6.07, 6.45) is -1.85. The van der Waals surface area contributed by atoms with Gasteiger partial charge in [0.1, 0.15) is 5.69 Å². The van der Waals surface area contributed by atoms with Crippen molar-refractivity contribution in [3.63, 3.8) is 0 Å². The molecule has 0 aromatic carbocycles. The number of pyridine rings is 1. The van der Waals surface area contributed by atoms with Crippen molar-refractivity contribution in [1.82, 2.24) is 4.98 Å². The largest absolute Gasteiger partial charge is 0.280 e. The van der Waals surface area contributed by atoms with Gasteiger partial charge in [-0.1, -0.05) is 13.0 Å². The van der Waals surface area contributed by atoms with Crippen molar-refractivity contribution in [1.29, 1.82) is 0 Å². The van der Waals surface area contributed by atoms with E-state index in [1.54, 1.807) is 19.1 Å². The lowest BCUT2D eigenvalue weighted by Crippen LogP contribution is -1.98. The summed E-state index contributed by atoms with van der Waals surface area (Å²) < 4.78 is 24.7. The van der Waals surface area contributed by atoms with Gasteiger partial charge in [0.2, 0.25) is 0 Å². The van der Waals surface area contributed by atoms with Crippen LogP contribution in [0.4, 0.5) is 8.78 Å². The van der Waals surface area contributed by atoms with Crippen LogP contribution in [0.15, 0.2) is 12.1 Å². The van der Waals surface area contributed by atoms with Crippen molar-refractivity contribution in [2.24, 2.45) is 0 Å². The predicted molar refractivity (Wildman–Crippen MR) is 43.3 cm³/mol. The third-order valence-electron chi connectivity index (χ3n) is 1.74. The van der Waals surface area contributed by atoms with Crippen LogP contribution >= 0.6 is 0 Å². The third kappa shape index (κ3) is 1.78. The summed E-state index contributed by atoms with van der Waals surface area (Å²) in [6, 6.07) is 3.47. The molecule has 0 saturated carbocycles. The topological polar surface area (TPSA) is 12.9 Å². The number of hydrogen-bond donors (Lipinski definition) is 0. The summed E-state index contributed by atoms with van der Waals surface area (Å²) in [7, 11) is 0. The minimum atomic E-state index is -2.46. The minimum absolute atomic E-state index is 0.0718. The standard InChI is InChI=1S/C9H11F2N/c1-3-7-5-4-6(2)12-8(7)9(10)11/h4-5,9H,3H2,1-2H3. The Hall–Kier alpha value is -0.990. The Morgan fingerprint density at radius 1 is 1.42 bits per heavy atom. The number of aromatic nitrogens is 1. The van der Waals surface area contributed by atoms with Crippen molar-refractivity contribution >= 4 is 0 Å². The smallest absolute Gasteiger partial charge is 0.252 e. The molecule has 0 aliphatic carbocycles. The molecule has 0 fully saturated rings. The zero-order valence-corrected chi connectivity index (χ0v) is 7.14. The van der Waals surface area contributed by atoms with E-state index >= 15 is 0 Å². The van der Waals surface area contributed by atoms with Crippen LogP contribution in [0.3, 0.4) is 0 Å². The Bertz CT molecular complexity index is 271. The summed E-state index contributed by atoms with van der Waals surface area (Å²) in [5.41, 5.74) is 1.20. The lowest BCUT2D eigenvalue weighted by molar-refractivity contribution is 0.144. The van der Waals surface area contributed by atoms with Crippen LogP contribution in [-0.4, -0.2) is 4.98 Å². The Balaban J connectivity index is 3.12. The second-order valence-electron chi connectivity index (χ2n) is 2.65. The second-order valence-corrected chi connectivity index (χ2v) is 2.65. The molecule has 0 bridgehead atoms. The Morgan fingerprint density at radius 3 is 2.58 bits per heavy atom. The number of aryl methyl sites for hydroxylation is 2. The van der Waals surface area contributed by atoms with Gasteiger partial charge in [-0.2, -0.15) is 0 Å². The fourth-order valence-electron chi connectivity index (χ4n) is 1.09. The first-order valence-electron chi connectivity index (χ1n) is 3.89. The molecule has 0 unspecified atom stereocenters. The first kappa shape index (κ1) is 9.10. The molecule has 3 heteroatoms. The van der Waals surface area contributed by atoms with E-state index in [1.165, 1.54) is 0 Å². The van der Waals surface area contributed by atoms with Crippen LogP contribution in [0.5, 0.6) is 0 Å². The second kappa shape index (κ2) is 3.61. The number of nitrogens with zero attached hydrogens (tertiary/aromatic N) is 1. The quantitative estimate of drug-likeness (QED) is 0.666. The molecule has 1 aromatic rings. The third-order valence-corrected chi connectivity index (χ3v) is 1.74. The van der Waals surface area contributed by atoms with Crippen LogP contribution in [0.2, 0.25) is 0 Å². The summed E-state index contributed by atoms with van der Waals surface area (Å²) in [6.45, 7) is 3.56. The Kier molecular flexibility index (Phi) is 2.74. The monoisotopic (exact) mass is 171 g/mol. The molecule has 0 radical (unpaired) electrons. The number of rotatable bonds is 2. The first-order chi connectivity index (χ1) is 5.65. The predicted octanol–water partition coefficient (Wildman–Crippen LogP) is 2.89. The van der Waals surface area contributed by atoms with Gasteiger partial charge in [-0.3, -0.25) is 4.98 Å². The van der Waals surface area contributed by atoms with E-state index in [0.29, 0.717) is 17.7 Å². The highest BCUT2D eigenvalue weighted by Crippen LogP contribution is 2.21. The van der Waals surface area contributed by atoms with Crippen LogP contribution in [0, 0.1) is 6.92 Å². The fourth-order valence-corrected chi connectivity index (χ4v) is 1.09. The van der Waals surface area contributed by atoms with Crippen molar-refractivity contribution < 1.29 is 8.78 Å². The molecule has 0 N–H and O–H groups in total. The van der Waals surface area contributed by atoms with Gasteiger partial charge in [0.25, 0.3) is 6.43 Å². The molecule has 1 rings (SSSR count). The molecule has 0 atom stereocenters. The molecular formula is C9H11F2N. The van der Waals surface area contributed by atoms with Gasteiger partial charge in [0, 0.05) is 5.69 Å². The summed E-state index contributed by atoms with van der Waals surface area (Å²) in [5.74, 6) is 0. The van der Waals surface area contributed by atoms with Crippen LogP contribution in [0.1, 0.15) is 30.3 Å². The zero-order chi connectivity index (χ0) is 9.14. The van der Waals surface area contributed by atoms with Gasteiger partial charge in [0.05, 0.1) is 0 Å². The molecule has 0 amide bonds. The molecular weight excluding hydrogens is 160 g/mol. The number of alkyl halides is 2. The van der Waals surface area contributed by atoms with E-state index in [9.17, 15) is 8.78 Å². The first-order valence-corrected chi connectivity index (χ1v) is 3.89. The van der Waals surface area contributed by atoms with Crippen LogP contribution in [0.25, 0.3) is 0 Å². The highest BCUT2D eigenvalue weighted by Gasteiger charge is 2.13. The summed E-state index contributed by atoms with van der Waals surface area (Å²) in [4.78, 5) is 3.79. The van der Waals surface area contributed by atoms with Crippen molar-refractivity contribution in [2.75, 3.05) is 0 Å². The highest BCUT2D eigenvalue weighted by atomic mass is 19.3. The number of halogens is 2. The molecule has 0 spiro atoms. The molecule has 66 valence electrons. The van der Waals surface area contributed by atoms with Crippen LogP contribution < -0.4 is 0 Å². The lowest BCUT2D eigenvalue weighted by atomic mass is 10.1. The van der Waals surface area contributed by atoms with E-state index in [2.05, 4.69) is 4.98 Å². The molecule has 0 aliphatic rings. The number of hydrogen-bond acceptors (Lipinski definition) is 1. The molecule has 1 nitrogen and oxygen atoms in total. The molecule has 1 heterocycles. The maximum absolute atomic E-state index is 12.3. The Labute approximate surface area is 70.4 Å². The van der Waals surface area contributed by atoms with Crippen molar-refractivity contribution in [3.8, 4) is 0 Å². The minimum Gasteiger partial charge on any atom is -0.252 e. The lowest BCUT2D eigenvalue weighted by Gasteiger charge is -2.05. The summed E-state index contributed by atoms with van der Waals surface area (Å²) >= 11 is 0. The van der Waals surface area contributed by atoms with Crippen molar-refractivity contribution in [2.45, 2.75) is 26.7 Å². The van der Waals surface area contributed by atoms with E-state index in [1.807, 2.05) is 6.92 Å². The fraction of sp³-hybridized carbons (Fsp3) is 0.444. The average molecular weight is 171 g/mol. The maximum atomic E-state index is 12.3. The molecule has 0 aliphatic heterocycles. The van der Waals surface area contributed by atoms with E-state index < -0.39 is 6.43 Å². The van der Waals surface area contributed by atoms with Gasteiger partial charge in [0.15, 0.2) is 0 Å². The van der Waals surface area contributed by atoms with Crippen molar-refractivity contribution in [3.05, 3.63) is 29.1 Å². The highest BCUT2D eigenvalue weighted by molar-refractivity contribution is 5.23. The normalized spacial score (nSPS) is 10.8. The molecule has 12 heavy (non-hydrogen) atoms. The molecule has 1 aromatic heterocycles. The van der Waals surface area contributed by atoms with E-state index in [4.69, 9.17) is 0 Å². The van der Waals surface area contributed by atoms with Gasteiger partial charge >= 0.3 is 0 Å². The van der Waals surface area contributed by atoms with Crippen LogP contribution in [-0.2, 0) is 6.42 Å². The SMILES string of the molecule is CCc1ccc(C)nc1C(F)F. The average Bonchev–Trinajstić information content (AvgIpc) is 2.04. The van der Waals surface area contributed by atoms with Gasteiger partial charge in [-0.25, -0.2) is 8.78 Å². The van der Waals surface area contributed by atoms with E-state index in [0.717, 1.165) is 0 Å². The Morgan fingerprint density at radius 2 is 2.08 bits per heavy atom. The molecule has 0 saturated heterocycles. The van der Waals surface area contributed by atoms with Gasteiger partial charge in [-0.15, -0.1) is 0 Å². The summed E-state index contributed by atoms with van der Waals surface area (Å²) in [5, 5.41) is 0. The van der Waals surface area contributed by atoms with E-state index in [-0.39, 0.29) is 5.69 Å². The van der Waals surface area contributed by atoms with Gasteiger partial charge in [-0.05, 0) is 25.0 Å². The maximum Gasteiger partial charge on any atom is 0.280 e. The zero-order valence-electron chi connectivity index (χ0n) is 7.14. The van der Waals surface area contributed by atoms with Gasteiger partial charge < -0.3 is 0 Å².